The number of rotatable bonds is 5. The molecule has 0 saturated carbocycles. The number of anilines is 1. The second-order valence-electron chi connectivity index (χ2n) is 4.69. The summed E-state index contributed by atoms with van der Waals surface area (Å²) in [6, 6.07) is 6.56. The summed E-state index contributed by atoms with van der Waals surface area (Å²) < 4.78 is 39.6. The van der Waals surface area contributed by atoms with Crippen LogP contribution in [0, 0.1) is 15.3 Å². The molecule has 0 aliphatic carbocycles. The lowest BCUT2D eigenvalue weighted by atomic mass is 10.1. The molecule has 0 aliphatic rings. The zero-order valence-corrected chi connectivity index (χ0v) is 13.1. The summed E-state index contributed by atoms with van der Waals surface area (Å²) in [5.74, 6) is -1.09. The molecule has 2 rings (SSSR count). The molecule has 0 radical (unpaired) electrons. The molecule has 0 spiro atoms. The fraction of sp³-hybridized carbons (Fsp3) is 0.143. The molecule has 0 aliphatic heterocycles. The largest absolute Gasteiger partial charge is 0.618 e. The monoisotopic (exact) mass is 373 g/mol. The Morgan fingerprint density at radius 3 is 2.60 bits per heavy atom. The Bertz CT molecular complexity index is 814. The van der Waals surface area contributed by atoms with E-state index < -0.39 is 33.9 Å². The molecule has 7 nitrogen and oxygen atoms in total. The summed E-state index contributed by atoms with van der Waals surface area (Å²) in [5.41, 5.74) is -2.65. The van der Waals surface area contributed by atoms with E-state index in [9.17, 15) is 33.3 Å². The van der Waals surface area contributed by atoms with E-state index in [0.29, 0.717) is 10.8 Å². The molecule has 0 unspecified atom stereocenters. The van der Waals surface area contributed by atoms with E-state index >= 15 is 0 Å². The van der Waals surface area contributed by atoms with E-state index in [0.717, 1.165) is 23.9 Å². The Morgan fingerprint density at radius 2 is 2.00 bits per heavy atom. The minimum absolute atomic E-state index is 0.206. The first-order valence-corrected chi connectivity index (χ1v) is 7.63. The van der Waals surface area contributed by atoms with Crippen molar-refractivity contribution >= 4 is 29.0 Å². The first-order valence-electron chi connectivity index (χ1n) is 6.65. The molecule has 1 amide bonds. The minimum atomic E-state index is -4.88. The average Bonchev–Trinajstić information content (AvgIpc) is 2.53. The van der Waals surface area contributed by atoms with Gasteiger partial charge in [-0.2, -0.15) is 17.9 Å². The molecule has 1 heterocycles. The molecular formula is C14H10F3N3O4S. The molecule has 1 aromatic heterocycles. The van der Waals surface area contributed by atoms with Gasteiger partial charge in [0.2, 0.25) is 5.91 Å². The molecule has 0 bridgehead atoms. The number of nitro groups is 1. The third-order valence-corrected chi connectivity index (χ3v) is 3.95. The van der Waals surface area contributed by atoms with Crippen LogP contribution in [0.5, 0.6) is 0 Å². The summed E-state index contributed by atoms with van der Waals surface area (Å²) in [4.78, 5) is 21.5. The third-order valence-electron chi connectivity index (χ3n) is 2.93. The number of hydrogen-bond donors (Lipinski definition) is 1. The Labute approximate surface area is 143 Å². The van der Waals surface area contributed by atoms with Gasteiger partial charge in [0, 0.05) is 24.3 Å². The van der Waals surface area contributed by atoms with E-state index in [1.165, 1.54) is 18.3 Å². The Balaban J connectivity index is 2.15. The van der Waals surface area contributed by atoms with Crippen LogP contribution >= 0.6 is 11.8 Å². The van der Waals surface area contributed by atoms with Crippen LogP contribution in [0.4, 0.5) is 24.5 Å². The first-order chi connectivity index (χ1) is 11.7. The summed E-state index contributed by atoms with van der Waals surface area (Å²) in [7, 11) is 0. The van der Waals surface area contributed by atoms with Gasteiger partial charge in [-0.25, -0.2) is 0 Å². The molecule has 1 aromatic carbocycles. The van der Waals surface area contributed by atoms with Gasteiger partial charge in [-0.3, -0.25) is 14.9 Å². The van der Waals surface area contributed by atoms with Crippen LogP contribution < -0.4 is 10.0 Å². The molecule has 0 fully saturated rings. The maximum absolute atomic E-state index is 13.0. The minimum Gasteiger partial charge on any atom is -0.618 e. The molecule has 1 N–H and O–H groups in total. The van der Waals surface area contributed by atoms with Gasteiger partial charge in [0.25, 0.3) is 10.7 Å². The number of nitrogens with zero attached hydrogens (tertiary/aromatic N) is 2. The van der Waals surface area contributed by atoms with E-state index in [-0.39, 0.29) is 10.8 Å². The summed E-state index contributed by atoms with van der Waals surface area (Å²) in [6.07, 6.45) is -3.66. The molecule has 0 saturated heterocycles. The number of nitrogens with one attached hydrogen (secondary N) is 1. The maximum atomic E-state index is 13.0. The zero-order chi connectivity index (χ0) is 18.6. The van der Waals surface area contributed by atoms with Crippen LogP contribution in [0.25, 0.3) is 0 Å². The lowest BCUT2D eigenvalue weighted by Gasteiger charge is -2.13. The van der Waals surface area contributed by atoms with Crippen molar-refractivity contribution < 1.29 is 27.6 Å². The van der Waals surface area contributed by atoms with Gasteiger partial charge >= 0.3 is 6.18 Å². The highest BCUT2D eigenvalue weighted by atomic mass is 32.2. The first kappa shape index (κ1) is 18.5. The van der Waals surface area contributed by atoms with E-state index in [4.69, 9.17) is 0 Å². The van der Waals surface area contributed by atoms with Gasteiger partial charge in [0.1, 0.15) is 0 Å². The van der Waals surface area contributed by atoms with E-state index in [1.807, 2.05) is 0 Å². The van der Waals surface area contributed by atoms with Gasteiger partial charge < -0.3 is 10.5 Å². The number of thioether (sulfide) groups is 1. The lowest BCUT2D eigenvalue weighted by molar-refractivity contribution is -0.645. The van der Waals surface area contributed by atoms with Crippen LogP contribution in [0.1, 0.15) is 5.56 Å². The lowest BCUT2D eigenvalue weighted by Crippen LogP contribution is -2.28. The van der Waals surface area contributed by atoms with Crippen molar-refractivity contribution in [2.75, 3.05) is 11.1 Å². The number of amides is 1. The number of hydrogen-bond acceptors (Lipinski definition) is 5. The highest BCUT2D eigenvalue weighted by Crippen LogP contribution is 2.37. The topological polar surface area (TPSA) is 99.2 Å². The average molecular weight is 373 g/mol. The second kappa shape index (κ2) is 7.38. The molecule has 2 aromatic rings. The zero-order valence-electron chi connectivity index (χ0n) is 12.3. The predicted octanol–water partition coefficient (Wildman–Crippen LogP) is 2.98. The van der Waals surface area contributed by atoms with E-state index in [1.54, 1.807) is 6.07 Å². The molecule has 132 valence electrons. The number of non-ortho nitro benzene ring substituents is 1. The maximum Gasteiger partial charge on any atom is 0.418 e. The summed E-state index contributed by atoms with van der Waals surface area (Å²) in [5, 5.41) is 24.3. The summed E-state index contributed by atoms with van der Waals surface area (Å²) >= 11 is 0.845. The van der Waals surface area contributed by atoms with Crippen LogP contribution in [0.3, 0.4) is 0 Å². The highest BCUT2D eigenvalue weighted by molar-refractivity contribution is 7.99. The van der Waals surface area contributed by atoms with Crippen molar-refractivity contribution in [2.45, 2.75) is 11.2 Å². The number of carbonyl (C=O) groups is 1. The van der Waals surface area contributed by atoms with Crippen molar-refractivity contribution in [3.63, 3.8) is 0 Å². The Hall–Kier alpha value is -2.82. The van der Waals surface area contributed by atoms with Gasteiger partial charge in [-0.05, 0) is 23.9 Å². The fourth-order valence-corrected chi connectivity index (χ4v) is 2.55. The van der Waals surface area contributed by atoms with Gasteiger partial charge in [-0.15, -0.1) is 0 Å². The van der Waals surface area contributed by atoms with Crippen molar-refractivity contribution in [3.05, 3.63) is 63.5 Å². The molecule has 0 atom stereocenters. The molecule has 25 heavy (non-hydrogen) atoms. The molecule has 11 heteroatoms. The van der Waals surface area contributed by atoms with Gasteiger partial charge in [-0.1, -0.05) is 0 Å². The van der Waals surface area contributed by atoms with Crippen molar-refractivity contribution in [2.24, 2.45) is 0 Å². The number of benzene rings is 1. The number of carbonyl (C=O) groups excluding carboxylic acids is 1. The molecular weight excluding hydrogens is 363 g/mol. The van der Waals surface area contributed by atoms with E-state index in [2.05, 4.69) is 5.32 Å². The van der Waals surface area contributed by atoms with Crippen LogP contribution in [0.2, 0.25) is 0 Å². The SMILES string of the molecule is O=C(CSc1cccc[n+]1[O-])Nc1ccc([N+](=O)[O-])cc1C(F)(F)F. The Kier molecular flexibility index (Phi) is 5.47. The van der Waals surface area contributed by atoms with Gasteiger partial charge in [0.15, 0.2) is 6.20 Å². The van der Waals surface area contributed by atoms with Crippen molar-refractivity contribution in [3.8, 4) is 0 Å². The smallest absolute Gasteiger partial charge is 0.418 e. The fourth-order valence-electron chi connectivity index (χ4n) is 1.84. The van der Waals surface area contributed by atoms with Crippen LogP contribution in [0.15, 0.2) is 47.6 Å². The normalized spacial score (nSPS) is 11.2. The van der Waals surface area contributed by atoms with Crippen LogP contribution in [-0.2, 0) is 11.0 Å². The number of pyridine rings is 1. The quantitative estimate of drug-likeness (QED) is 0.286. The summed E-state index contributed by atoms with van der Waals surface area (Å²) in [6.45, 7) is 0. The van der Waals surface area contributed by atoms with Gasteiger partial charge in [0.05, 0.1) is 21.9 Å². The number of halogens is 3. The van der Waals surface area contributed by atoms with Crippen LogP contribution in [-0.4, -0.2) is 16.6 Å². The van der Waals surface area contributed by atoms with Crippen molar-refractivity contribution in [1.82, 2.24) is 0 Å². The standard InChI is InChI=1S/C14H10F3N3O4S/c15-14(16,17)10-7-9(20(23)24)4-5-11(10)18-12(21)8-25-13-3-1-2-6-19(13)22/h1-7H,8H2,(H,18,21). The number of nitro benzene ring substituents is 1. The third kappa shape index (κ3) is 4.83. The van der Waals surface area contributed by atoms with Crippen molar-refractivity contribution in [1.29, 1.82) is 0 Å². The second-order valence-corrected chi connectivity index (χ2v) is 5.68. The Morgan fingerprint density at radius 1 is 1.28 bits per heavy atom. The highest BCUT2D eigenvalue weighted by Gasteiger charge is 2.35. The number of aromatic nitrogens is 1. The predicted molar refractivity (Wildman–Crippen MR) is 82.9 cm³/mol. The number of alkyl halides is 3.